The quantitative estimate of drug-likeness (QED) is 0.797. The Labute approximate surface area is 114 Å². The van der Waals surface area contributed by atoms with E-state index in [4.69, 9.17) is 5.11 Å². The number of carboxylic acids is 1. The van der Waals surface area contributed by atoms with Gasteiger partial charge in [0.05, 0.1) is 5.92 Å². The molecule has 108 valence electrons. The first-order valence-corrected chi connectivity index (χ1v) is 6.22. The van der Waals surface area contributed by atoms with Crippen molar-refractivity contribution in [2.75, 3.05) is 5.32 Å². The summed E-state index contributed by atoms with van der Waals surface area (Å²) < 4.78 is 25.9. The Morgan fingerprint density at radius 2 is 1.80 bits per heavy atom. The predicted octanol–water partition coefficient (Wildman–Crippen LogP) is 2.34. The molecule has 0 radical (unpaired) electrons. The molecule has 20 heavy (non-hydrogen) atoms. The highest BCUT2D eigenvalue weighted by atomic mass is 19.1. The van der Waals surface area contributed by atoms with Crippen molar-refractivity contribution in [1.29, 1.82) is 0 Å². The number of carbonyl (C=O) groups is 2. The number of hydrogen-bond acceptors (Lipinski definition) is 2. The molecule has 7 heteroatoms. The summed E-state index contributed by atoms with van der Waals surface area (Å²) in [6.07, 6.45) is 1.80. The zero-order valence-electron chi connectivity index (χ0n) is 10.5. The molecule has 5 nitrogen and oxygen atoms in total. The van der Waals surface area contributed by atoms with Crippen molar-refractivity contribution in [3.63, 3.8) is 0 Å². The number of amides is 2. The summed E-state index contributed by atoms with van der Waals surface area (Å²) >= 11 is 0. The van der Waals surface area contributed by atoms with Gasteiger partial charge in [0.2, 0.25) is 0 Å². The van der Waals surface area contributed by atoms with Crippen LogP contribution in [0.1, 0.15) is 19.3 Å². The molecule has 1 aromatic carbocycles. The van der Waals surface area contributed by atoms with Crippen LogP contribution in [0.2, 0.25) is 0 Å². The molecule has 0 aromatic heterocycles. The fraction of sp³-hybridized carbons (Fsp3) is 0.385. The van der Waals surface area contributed by atoms with Crippen molar-refractivity contribution in [2.45, 2.75) is 25.3 Å². The van der Waals surface area contributed by atoms with Gasteiger partial charge in [-0.15, -0.1) is 0 Å². The molecule has 1 fully saturated rings. The third-order valence-electron chi connectivity index (χ3n) is 3.27. The van der Waals surface area contributed by atoms with Crippen molar-refractivity contribution in [3.05, 3.63) is 29.8 Å². The largest absolute Gasteiger partial charge is 0.481 e. The average Bonchev–Trinajstić information content (AvgIpc) is 2.75. The maximum absolute atomic E-state index is 13.0. The highest BCUT2D eigenvalue weighted by Gasteiger charge is 2.33. The molecule has 1 aliphatic rings. The van der Waals surface area contributed by atoms with Gasteiger partial charge in [-0.25, -0.2) is 13.6 Å². The molecule has 2 unspecified atom stereocenters. The van der Waals surface area contributed by atoms with Gasteiger partial charge in [-0.05, 0) is 25.0 Å². The molecule has 0 aliphatic heterocycles. The zero-order valence-corrected chi connectivity index (χ0v) is 10.5. The summed E-state index contributed by atoms with van der Waals surface area (Å²) in [6.45, 7) is 0. The highest BCUT2D eigenvalue weighted by Crippen LogP contribution is 2.25. The van der Waals surface area contributed by atoms with Crippen molar-refractivity contribution >= 4 is 17.7 Å². The summed E-state index contributed by atoms with van der Waals surface area (Å²) in [5.41, 5.74) is -0.0233. The van der Waals surface area contributed by atoms with Crippen LogP contribution >= 0.6 is 0 Å². The number of benzene rings is 1. The van der Waals surface area contributed by atoms with E-state index in [-0.39, 0.29) is 5.69 Å². The third kappa shape index (κ3) is 3.43. The molecule has 1 saturated carbocycles. The SMILES string of the molecule is O=C(Nc1cc(F)cc(F)c1)NC1CCCC1C(=O)O. The lowest BCUT2D eigenvalue weighted by molar-refractivity contribution is -0.142. The molecule has 3 N–H and O–H groups in total. The molecule has 2 rings (SSSR count). The third-order valence-corrected chi connectivity index (χ3v) is 3.27. The first kappa shape index (κ1) is 14.2. The molecule has 0 heterocycles. The summed E-state index contributed by atoms with van der Waals surface area (Å²) in [7, 11) is 0. The second kappa shape index (κ2) is 5.85. The lowest BCUT2D eigenvalue weighted by Gasteiger charge is -2.18. The zero-order chi connectivity index (χ0) is 14.7. The minimum atomic E-state index is -0.954. The summed E-state index contributed by atoms with van der Waals surface area (Å²) in [5.74, 6) is -3.18. The molecule has 0 saturated heterocycles. The molecule has 2 atom stereocenters. The summed E-state index contributed by atoms with van der Waals surface area (Å²) in [4.78, 5) is 22.7. The van der Waals surface area contributed by atoms with Gasteiger partial charge < -0.3 is 15.7 Å². The fourth-order valence-electron chi connectivity index (χ4n) is 2.39. The molecular weight excluding hydrogens is 270 g/mol. The number of rotatable bonds is 3. The van der Waals surface area contributed by atoms with Crippen molar-refractivity contribution in [3.8, 4) is 0 Å². The van der Waals surface area contributed by atoms with E-state index in [1.165, 1.54) is 0 Å². The van der Waals surface area contributed by atoms with Crippen molar-refractivity contribution in [1.82, 2.24) is 5.32 Å². The number of urea groups is 1. The Morgan fingerprint density at radius 1 is 1.15 bits per heavy atom. The lowest BCUT2D eigenvalue weighted by Crippen LogP contribution is -2.42. The Balaban J connectivity index is 1.97. The second-order valence-electron chi connectivity index (χ2n) is 4.74. The monoisotopic (exact) mass is 284 g/mol. The van der Waals surface area contributed by atoms with Crippen LogP contribution < -0.4 is 10.6 Å². The maximum Gasteiger partial charge on any atom is 0.319 e. The summed E-state index contributed by atoms with van der Waals surface area (Å²) in [6, 6.07) is 1.51. The number of nitrogens with one attached hydrogen (secondary N) is 2. The Bertz CT molecular complexity index is 516. The number of halogens is 2. The van der Waals surface area contributed by atoms with Gasteiger partial charge in [0, 0.05) is 17.8 Å². The molecule has 0 bridgehead atoms. The highest BCUT2D eigenvalue weighted by molar-refractivity contribution is 5.89. The van der Waals surface area contributed by atoms with Gasteiger partial charge in [-0.3, -0.25) is 4.79 Å². The van der Waals surface area contributed by atoms with E-state index in [0.29, 0.717) is 18.9 Å². The minimum absolute atomic E-state index is 0.0233. The van der Waals surface area contributed by atoms with Crippen LogP contribution in [0.5, 0.6) is 0 Å². The Hall–Kier alpha value is -2.18. The van der Waals surface area contributed by atoms with Crippen molar-refractivity contribution in [2.24, 2.45) is 5.92 Å². The number of anilines is 1. The first-order valence-electron chi connectivity index (χ1n) is 6.22. The normalized spacial score (nSPS) is 21.5. The van der Waals surface area contributed by atoms with E-state index in [1.54, 1.807) is 0 Å². The van der Waals surface area contributed by atoms with E-state index >= 15 is 0 Å². The van der Waals surface area contributed by atoms with Gasteiger partial charge in [0.1, 0.15) is 11.6 Å². The molecule has 1 aliphatic carbocycles. The van der Waals surface area contributed by atoms with Crippen LogP contribution in [-0.4, -0.2) is 23.1 Å². The van der Waals surface area contributed by atoms with E-state index < -0.39 is 35.6 Å². The van der Waals surface area contributed by atoms with Gasteiger partial charge in [0.15, 0.2) is 0 Å². The van der Waals surface area contributed by atoms with E-state index in [1.807, 2.05) is 0 Å². The van der Waals surface area contributed by atoms with Gasteiger partial charge in [-0.2, -0.15) is 0 Å². The topological polar surface area (TPSA) is 78.4 Å². The lowest BCUT2D eigenvalue weighted by atomic mass is 10.0. The van der Waals surface area contributed by atoms with Crippen LogP contribution in [-0.2, 0) is 4.79 Å². The molecule has 0 spiro atoms. The van der Waals surface area contributed by atoms with E-state index in [9.17, 15) is 18.4 Å². The van der Waals surface area contributed by atoms with Crippen LogP contribution in [0.3, 0.4) is 0 Å². The van der Waals surface area contributed by atoms with E-state index in [2.05, 4.69) is 10.6 Å². The molecule has 2 amide bonds. The maximum atomic E-state index is 13.0. The Kier molecular flexibility index (Phi) is 4.16. The average molecular weight is 284 g/mol. The molecule has 1 aromatic rings. The van der Waals surface area contributed by atoms with Crippen LogP contribution in [0.15, 0.2) is 18.2 Å². The van der Waals surface area contributed by atoms with Crippen LogP contribution in [0.25, 0.3) is 0 Å². The predicted molar refractivity (Wildman–Crippen MR) is 67.3 cm³/mol. The minimum Gasteiger partial charge on any atom is -0.481 e. The number of hydrogen-bond donors (Lipinski definition) is 3. The first-order chi connectivity index (χ1) is 9.45. The summed E-state index contributed by atoms with van der Waals surface area (Å²) in [5, 5.41) is 13.8. The number of aliphatic carboxylic acids is 1. The Morgan fingerprint density at radius 3 is 2.40 bits per heavy atom. The standard InChI is InChI=1S/C13H14F2N2O3/c14-7-4-8(15)6-9(5-7)16-13(20)17-11-3-1-2-10(11)12(18)19/h4-6,10-11H,1-3H2,(H,18,19)(H2,16,17,20). The van der Waals surface area contributed by atoms with Crippen LogP contribution in [0.4, 0.5) is 19.3 Å². The smallest absolute Gasteiger partial charge is 0.319 e. The fourth-order valence-corrected chi connectivity index (χ4v) is 2.39. The van der Waals surface area contributed by atoms with E-state index in [0.717, 1.165) is 18.6 Å². The van der Waals surface area contributed by atoms with Gasteiger partial charge in [-0.1, -0.05) is 6.42 Å². The van der Waals surface area contributed by atoms with Gasteiger partial charge >= 0.3 is 12.0 Å². The van der Waals surface area contributed by atoms with Crippen molar-refractivity contribution < 1.29 is 23.5 Å². The number of carbonyl (C=O) groups excluding carboxylic acids is 1. The number of carboxylic acid groups (broad SMARTS) is 1. The van der Waals surface area contributed by atoms with Gasteiger partial charge in [0.25, 0.3) is 0 Å². The molecular formula is C13H14F2N2O3. The van der Waals surface area contributed by atoms with Crippen LogP contribution in [0, 0.1) is 17.6 Å². The second-order valence-corrected chi connectivity index (χ2v) is 4.74.